The summed E-state index contributed by atoms with van der Waals surface area (Å²) in [6.07, 6.45) is 10.5. The first-order valence-electron chi connectivity index (χ1n) is 12.3. The number of aliphatic hydroxyl groups is 1. The third-order valence-corrected chi connectivity index (χ3v) is 5.34. The fourth-order valence-corrected chi connectivity index (χ4v) is 3.72. The highest BCUT2D eigenvalue weighted by Crippen LogP contribution is 2.38. The first-order valence-corrected chi connectivity index (χ1v) is 12.3. The second kappa shape index (κ2) is 15.8. The van der Waals surface area contributed by atoms with Crippen LogP contribution in [0.4, 0.5) is 0 Å². The molecule has 0 saturated heterocycles. The van der Waals surface area contributed by atoms with Crippen molar-refractivity contribution < 1.29 is 19.3 Å². The lowest BCUT2D eigenvalue weighted by molar-refractivity contribution is -0.443. The lowest BCUT2D eigenvalue weighted by Gasteiger charge is -2.45. The monoisotopic (exact) mass is 422 g/mol. The molecule has 0 saturated carbocycles. The molecule has 0 amide bonds. The van der Waals surface area contributed by atoms with Crippen LogP contribution in [0.1, 0.15) is 97.5 Å². The van der Waals surface area contributed by atoms with Crippen LogP contribution in [-0.2, 0) is 20.6 Å². The van der Waals surface area contributed by atoms with E-state index in [9.17, 15) is 5.11 Å². The first-order chi connectivity index (χ1) is 14.6. The van der Waals surface area contributed by atoms with Crippen molar-refractivity contribution in [1.29, 1.82) is 0 Å². The van der Waals surface area contributed by atoms with Crippen LogP contribution in [-0.4, -0.2) is 36.5 Å². The average Bonchev–Trinajstić information content (AvgIpc) is 2.76. The molecule has 0 aliphatic heterocycles. The molecule has 0 bridgehead atoms. The summed E-state index contributed by atoms with van der Waals surface area (Å²) in [5.41, 5.74) is -0.186. The minimum absolute atomic E-state index is 0.444. The summed E-state index contributed by atoms with van der Waals surface area (Å²) >= 11 is 0. The molecule has 1 atom stereocenters. The van der Waals surface area contributed by atoms with E-state index >= 15 is 0 Å². The van der Waals surface area contributed by atoms with Crippen LogP contribution in [0.5, 0.6) is 0 Å². The van der Waals surface area contributed by atoms with Gasteiger partial charge in [-0.05, 0) is 31.2 Å². The van der Waals surface area contributed by atoms with Gasteiger partial charge in [0, 0.05) is 6.42 Å². The predicted molar refractivity (Wildman–Crippen MR) is 125 cm³/mol. The Hall–Kier alpha value is -0.940. The van der Waals surface area contributed by atoms with E-state index in [0.717, 1.165) is 37.7 Å². The Morgan fingerprint density at radius 2 is 1.17 bits per heavy atom. The van der Waals surface area contributed by atoms with Crippen molar-refractivity contribution >= 4 is 0 Å². The van der Waals surface area contributed by atoms with Gasteiger partial charge in [0.2, 0.25) is 0 Å². The van der Waals surface area contributed by atoms with Gasteiger partial charge in [-0.3, -0.25) is 0 Å². The van der Waals surface area contributed by atoms with Crippen molar-refractivity contribution in [2.24, 2.45) is 0 Å². The summed E-state index contributed by atoms with van der Waals surface area (Å²) in [6, 6.07) is 10.1. The largest absolute Gasteiger partial charge is 0.381 e. The van der Waals surface area contributed by atoms with Crippen LogP contribution in [0, 0.1) is 0 Å². The Kier molecular flexibility index (Phi) is 14.3. The highest BCUT2D eigenvalue weighted by Gasteiger charge is 2.54. The van der Waals surface area contributed by atoms with Gasteiger partial charge in [-0.1, -0.05) is 96.6 Å². The van der Waals surface area contributed by atoms with Crippen LogP contribution in [0.25, 0.3) is 0 Å². The Balaban J connectivity index is 3.12. The average molecular weight is 423 g/mol. The molecule has 0 aliphatic rings. The van der Waals surface area contributed by atoms with Crippen LogP contribution in [0.3, 0.4) is 0 Å². The van der Waals surface area contributed by atoms with Gasteiger partial charge in [0.25, 0.3) is 0 Å². The Labute approximate surface area is 185 Å². The maximum absolute atomic E-state index is 12.1. The van der Waals surface area contributed by atoms with E-state index in [-0.39, 0.29) is 0 Å². The molecule has 174 valence electrons. The van der Waals surface area contributed by atoms with Crippen LogP contribution in [0.2, 0.25) is 0 Å². The zero-order valence-corrected chi connectivity index (χ0v) is 20.0. The Morgan fingerprint density at radius 1 is 0.667 bits per heavy atom. The minimum atomic E-state index is -1.44. The van der Waals surface area contributed by atoms with Gasteiger partial charge in [0.1, 0.15) is 5.60 Å². The molecule has 0 radical (unpaired) electrons. The zero-order chi connectivity index (χ0) is 22.1. The molecule has 0 fully saturated rings. The van der Waals surface area contributed by atoms with Crippen molar-refractivity contribution in [3.8, 4) is 0 Å². The zero-order valence-electron chi connectivity index (χ0n) is 20.0. The predicted octanol–water partition coefficient (Wildman–Crippen LogP) is 6.64. The molecule has 0 spiro atoms. The third kappa shape index (κ3) is 9.05. The molecule has 1 unspecified atom stereocenters. The molecule has 0 aliphatic carbocycles. The number of ether oxygens (including phenoxy) is 3. The molecular formula is C26H46O4. The molecule has 30 heavy (non-hydrogen) atoms. The Bertz CT molecular complexity index is 497. The number of hydrogen-bond donors (Lipinski definition) is 1. The topological polar surface area (TPSA) is 47.9 Å². The number of benzene rings is 1. The highest BCUT2D eigenvalue weighted by molar-refractivity contribution is 5.18. The van der Waals surface area contributed by atoms with Gasteiger partial charge in [0.15, 0.2) is 0 Å². The van der Waals surface area contributed by atoms with E-state index in [0.29, 0.717) is 32.7 Å². The van der Waals surface area contributed by atoms with Crippen LogP contribution < -0.4 is 0 Å². The second-order valence-electron chi connectivity index (χ2n) is 8.31. The third-order valence-electron chi connectivity index (χ3n) is 5.34. The van der Waals surface area contributed by atoms with Gasteiger partial charge >= 0.3 is 5.97 Å². The molecule has 0 aromatic heterocycles. The summed E-state index contributed by atoms with van der Waals surface area (Å²) in [6.45, 7) is 9.88. The maximum Gasteiger partial charge on any atom is 0.313 e. The van der Waals surface area contributed by atoms with Gasteiger partial charge in [-0.25, -0.2) is 0 Å². The Morgan fingerprint density at radius 3 is 1.67 bits per heavy atom. The van der Waals surface area contributed by atoms with Crippen molar-refractivity contribution in [2.45, 2.75) is 110 Å². The van der Waals surface area contributed by atoms with Gasteiger partial charge in [-0.2, -0.15) is 0 Å². The molecule has 4 nitrogen and oxygen atoms in total. The van der Waals surface area contributed by atoms with Crippen molar-refractivity contribution in [3.05, 3.63) is 35.9 Å². The van der Waals surface area contributed by atoms with Gasteiger partial charge < -0.3 is 19.3 Å². The normalized spacial score (nSPS) is 14.0. The minimum Gasteiger partial charge on any atom is -0.381 e. The SMILES string of the molecule is CCCCCCCCC(O)(Cc1ccccc1)C(OCCC)(OCCC)OCCC. The molecule has 1 aromatic carbocycles. The summed E-state index contributed by atoms with van der Waals surface area (Å²) in [5.74, 6) is -1.44. The van der Waals surface area contributed by atoms with Crippen molar-refractivity contribution in [1.82, 2.24) is 0 Å². The quantitative estimate of drug-likeness (QED) is 0.200. The maximum atomic E-state index is 12.1. The number of hydrogen-bond acceptors (Lipinski definition) is 4. The summed E-state index contributed by atoms with van der Waals surface area (Å²) < 4.78 is 18.7. The van der Waals surface area contributed by atoms with E-state index in [4.69, 9.17) is 14.2 Å². The van der Waals surface area contributed by atoms with Gasteiger partial charge in [0.05, 0.1) is 19.8 Å². The molecule has 1 rings (SSSR count). The number of rotatable bonds is 19. The van der Waals surface area contributed by atoms with E-state index in [1.54, 1.807) is 0 Å². The molecule has 1 N–H and O–H groups in total. The summed E-state index contributed by atoms with van der Waals surface area (Å²) in [7, 11) is 0. The number of unbranched alkanes of at least 4 members (excludes halogenated alkanes) is 5. The molecular weight excluding hydrogens is 376 g/mol. The molecule has 1 aromatic rings. The molecule has 4 heteroatoms. The standard InChI is InChI=1S/C26H46O4/c1-5-9-10-11-12-16-19-25(27,23-24-17-14-13-15-18-24)26(28-20-6-2,29-21-7-3)30-22-8-4/h13-15,17-18,27H,5-12,16,19-23H2,1-4H3. The smallest absolute Gasteiger partial charge is 0.313 e. The lowest BCUT2D eigenvalue weighted by Crippen LogP contribution is -2.61. The second-order valence-corrected chi connectivity index (χ2v) is 8.31. The van der Waals surface area contributed by atoms with Gasteiger partial charge in [-0.15, -0.1) is 0 Å². The fourth-order valence-electron chi connectivity index (χ4n) is 3.72. The van der Waals surface area contributed by atoms with E-state index in [1.165, 1.54) is 25.7 Å². The van der Waals surface area contributed by atoms with Crippen molar-refractivity contribution in [3.63, 3.8) is 0 Å². The highest BCUT2D eigenvalue weighted by atomic mass is 16.9. The van der Waals surface area contributed by atoms with Crippen LogP contribution >= 0.6 is 0 Å². The van der Waals surface area contributed by atoms with E-state index < -0.39 is 11.6 Å². The van der Waals surface area contributed by atoms with Crippen LogP contribution in [0.15, 0.2) is 30.3 Å². The summed E-state index contributed by atoms with van der Waals surface area (Å²) in [4.78, 5) is 0. The fraction of sp³-hybridized carbons (Fsp3) is 0.769. The van der Waals surface area contributed by atoms with E-state index in [1.807, 2.05) is 18.2 Å². The summed E-state index contributed by atoms with van der Waals surface area (Å²) in [5, 5.41) is 12.1. The first kappa shape index (κ1) is 27.1. The van der Waals surface area contributed by atoms with E-state index in [2.05, 4.69) is 39.8 Å². The van der Waals surface area contributed by atoms with Crippen molar-refractivity contribution in [2.75, 3.05) is 19.8 Å². The molecule has 0 heterocycles. The lowest BCUT2D eigenvalue weighted by atomic mass is 9.86.